The summed E-state index contributed by atoms with van der Waals surface area (Å²) in [7, 11) is 5.21. The van der Waals surface area contributed by atoms with E-state index in [1.54, 1.807) is 25.3 Å². The second-order valence-corrected chi connectivity index (χ2v) is 7.50. The van der Waals surface area contributed by atoms with E-state index in [1.165, 1.54) is 0 Å². The van der Waals surface area contributed by atoms with E-state index in [0.717, 1.165) is 11.1 Å². The van der Waals surface area contributed by atoms with E-state index < -0.39 is 6.04 Å². The number of imidazole rings is 1. The van der Waals surface area contributed by atoms with Gasteiger partial charge >= 0.3 is 6.03 Å². The molecule has 3 rings (SSSR count). The van der Waals surface area contributed by atoms with Gasteiger partial charge in [-0.1, -0.05) is 42.5 Å². The van der Waals surface area contributed by atoms with Crippen molar-refractivity contribution in [2.45, 2.75) is 19.0 Å². The summed E-state index contributed by atoms with van der Waals surface area (Å²) in [6, 6.07) is 16.6. The summed E-state index contributed by atoms with van der Waals surface area (Å²) in [5, 5.41) is 5.82. The molecule has 1 atom stereocenters. The number of nitrogens with one attached hydrogen (secondary N) is 2. The number of methoxy groups -OCH3 is 1. The van der Waals surface area contributed by atoms with Crippen molar-refractivity contribution in [3.8, 4) is 5.75 Å². The molecule has 8 nitrogen and oxygen atoms in total. The summed E-state index contributed by atoms with van der Waals surface area (Å²) < 4.78 is 7.19. The average molecular weight is 436 g/mol. The van der Waals surface area contributed by atoms with Crippen LogP contribution in [0.2, 0.25) is 0 Å². The monoisotopic (exact) mass is 435 g/mol. The number of ether oxygens (including phenoxy) is 1. The summed E-state index contributed by atoms with van der Waals surface area (Å²) in [4.78, 5) is 31.0. The zero-order valence-electron chi connectivity index (χ0n) is 18.6. The molecule has 1 unspecified atom stereocenters. The van der Waals surface area contributed by atoms with Gasteiger partial charge in [-0.3, -0.25) is 4.79 Å². The van der Waals surface area contributed by atoms with Crippen LogP contribution in [-0.2, 0) is 18.4 Å². The number of amides is 3. The molecule has 2 N–H and O–H groups in total. The van der Waals surface area contributed by atoms with Crippen LogP contribution in [0.4, 0.5) is 4.79 Å². The van der Waals surface area contributed by atoms with Crippen molar-refractivity contribution in [2.75, 3.05) is 20.7 Å². The molecule has 0 fully saturated rings. The largest absolute Gasteiger partial charge is 0.497 e. The van der Waals surface area contributed by atoms with Gasteiger partial charge in [0.25, 0.3) is 0 Å². The van der Waals surface area contributed by atoms with Crippen molar-refractivity contribution in [3.05, 3.63) is 83.9 Å². The Labute approximate surface area is 188 Å². The Kier molecular flexibility index (Phi) is 7.85. The molecule has 0 aliphatic rings. The fourth-order valence-electron chi connectivity index (χ4n) is 3.35. The SMILES string of the molecule is COc1cccc(C(NC(=O)CCNC(=O)N(C)Cc2ccccc2)c2nccn2C)c1. The highest BCUT2D eigenvalue weighted by atomic mass is 16.5. The molecule has 32 heavy (non-hydrogen) atoms. The van der Waals surface area contributed by atoms with Gasteiger partial charge in [0.2, 0.25) is 5.91 Å². The summed E-state index contributed by atoms with van der Waals surface area (Å²) in [6.07, 6.45) is 3.67. The molecule has 2 aromatic carbocycles. The fraction of sp³-hybridized carbons (Fsp3) is 0.292. The Morgan fingerprint density at radius 2 is 1.94 bits per heavy atom. The summed E-state index contributed by atoms with van der Waals surface area (Å²) in [5.74, 6) is 1.22. The number of urea groups is 1. The number of carbonyl (C=O) groups is 2. The molecule has 0 aliphatic heterocycles. The predicted molar refractivity (Wildman–Crippen MR) is 122 cm³/mol. The maximum Gasteiger partial charge on any atom is 0.317 e. The van der Waals surface area contributed by atoms with Crippen molar-refractivity contribution in [2.24, 2.45) is 7.05 Å². The lowest BCUT2D eigenvalue weighted by molar-refractivity contribution is -0.121. The Hall–Kier alpha value is -3.81. The summed E-state index contributed by atoms with van der Waals surface area (Å²) in [6.45, 7) is 0.727. The Balaban J connectivity index is 1.57. The molecule has 1 aromatic heterocycles. The van der Waals surface area contributed by atoms with Crippen LogP contribution in [0.25, 0.3) is 0 Å². The first-order valence-electron chi connectivity index (χ1n) is 10.4. The lowest BCUT2D eigenvalue weighted by Crippen LogP contribution is -2.39. The van der Waals surface area contributed by atoms with Crippen LogP contribution < -0.4 is 15.4 Å². The molecule has 0 spiro atoms. The number of hydrogen-bond acceptors (Lipinski definition) is 4. The minimum Gasteiger partial charge on any atom is -0.497 e. The van der Waals surface area contributed by atoms with Crippen LogP contribution in [0.1, 0.15) is 29.4 Å². The normalized spacial score (nSPS) is 11.5. The maximum absolute atomic E-state index is 12.7. The van der Waals surface area contributed by atoms with Gasteiger partial charge in [-0.25, -0.2) is 9.78 Å². The first-order chi connectivity index (χ1) is 15.5. The van der Waals surface area contributed by atoms with Crippen molar-refractivity contribution >= 4 is 11.9 Å². The van der Waals surface area contributed by atoms with Gasteiger partial charge in [-0.15, -0.1) is 0 Å². The van der Waals surface area contributed by atoms with Gasteiger partial charge in [0.15, 0.2) is 0 Å². The molecular weight excluding hydrogens is 406 g/mol. The van der Waals surface area contributed by atoms with E-state index in [4.69, 9.17) is 4.74 Å². The third kappa shape index (κ3) is 6.10. The topological polar surface area (TPSA) is 88.5 Å². The van der Waals surface area contributed by atoms with Crippen molar-refractivity contribution in [1.29, 1.82) is 0 Å². The van der Waals surface area contributed by atoms with Crippen LogP contribution in [0.5, 0.6) is 5.75 Å². The van der Waals surface area contributed by atoms with Gasteiger partial charge in [0, 0.05) is 46.0 Å². The van der Waals surface area contributed by atoms with Crippen LogP contribution in [-0.4, -0.2) is 47.1 Å². The van der Waals surface area contributed by atoms with Gasteiger partial charge in [-0.05, 0) is 23.3 Å². The van der Waals surface area contributed by atoms with E-state index in [2.05, 4.69) is 15.6 Å². The van der Waals surface area contributed by atoms with Crippen molar-refractivity contribution in [1.82, 2.24) is 25.1 Å². The van der Waals surface area contributed by atoms with Gasteiger partial charge < -0.3 is 24.8 Å². The van der Waals surface area contributed by atoms with Gasteiger partial charge in [0.05, 0.1) is 7.11 Å². The first kappa shape index (κ1) is 22.9. The number of rotatable bonds is 9. The van der Waals surface area contributed by atoms with E-state index in [1.807, 2.05) is 72.4 Å². The molecule has 0 bridgehead atoms. The maximum atomic E-state index is 12.7. The number of nitrogens with zero attached hydrogens (tertiary/aromatic N) is 3. The van der Waals surface area contributed by atoms with Gasteiger partial charge in [0.1, 0.15) is 17.6 Å². The molecule has 0 aliphatic carbocycles. The summed E-state index contributed by atoms with van der Waals surface area (Å²) in [5.41, 5.74) is 1.90. The third-order valence-electron chi connectivity index (χ3n) is 5.09. The highest BCUT2D eigenvalue weighted by molar-refractivity contribution is 5.78. The van der Waals surface area contributed by atoms with Crippen LogP contribution in [0, 0.1) is 0 Å². The molecule has 168 valence electrons. The zero-order chi connectivity index (χ0) is 22.9. The van der Waals surface area contributed by atoms with Crippen LogP contribution in [0.3, 0.4) is 0 Å². The molecule has 3 aromatic rings. The summed E-state index contributed by atoms with van der Waals surface area (Å²) >= 11 is 0. The third-order valence-corrected chi connectivity index (χ3v) is 5.09. The number of carbonyl (C=O) groups excluding carboxylic acids is 2. The van der Waals surface area contributed by atoms with Crippen molar-refractivity contribution < 1.29 is 14.3 Å². The fourth-order valence-corrected chi connectivity index (χ4v) is 3.35. The molecule has 0 radical (unpaired) electrons. The second kappa shape index (κ2) is 11.0. The molecular formula is C24H29N5O3. The number of hydrogen-bond donors (Lipinski definition) is 2. The second-order valence-electron chi connectivity index (χ2n) is 7.50. The van der Waals surface area contributed by atoms with Crippen LogP contribution in [0.15, 0.2) is 67.0 Å². The van der Waals surface area contributed by atoms with E-state index in [0.29, 0.717) is 18.1 Å². The van der Waals surface area contributed by atoms with E-state index >= 15 is 0 Å². The lowest BCUT2D eigenvalue weighted by atomic mass is 10.1. The molecule has 1 heterocycles. The molecule has 0 saturated heterocycles. The minimum absolute atomic E-state index is 0.149. The smallest absolute Gasteiger partial charge is 0.317 e. The van der Waals surface area contributed by atoms with Crippen molar-refractivity contribution in [3.63, 3.8) is 0 Å². The van der Waals surface area contributed by atoms with Crippen LogP contribution >= 0.6 is 0 Å². The minimum atomic E-state index is -0.436. The highest BCUT2D eigenvalue weighted by Gasteiger charge is 2.21. The predicted octanol–water partition coefficient (Wildman–Crippen LogP) is 2.87. The lowest BCUT2D eigenvalue weighted by Gasteiger charge is -2.20. The Morgan fingerprint density at radius 1 is 1.16 bits per heavy atom. The molecule has 0 saturated carbocycles. The van der Waals surface area contributed by atoms with E-state index in [9.17, 15) is 9.59 Å². The highest BCUT2D eigenvalue weighted by Crippen LogP contribution is 2.24. The number of aromatic nitrogens is 2. The zero-order valence-corrected chi connectivity index (χ0v) is 18.6. The van der Waals surface area contributed by atoms with E-state index in [-0.39, 0.29) is 24.9 Å². The number of aryl methyl sites for hydroxylation is 1. The molecule has 8 heteroatoms. The number of benzene rings is 2. The average Bonchev–Trinajstić information content (AvgIpc) is 3.23. The standard InChI is InChI=1S/C24H29N5O3/c1-28-15-14-25-23(28)22(19-10-7-11-20(16-19)32-3)27-21(30)12-13-26-24(31)29(2)17-18-8-5-4-6-9-18/h4-11,14-16,22H,12-13,17H2,1-3H3,(H,26,31)(H,27,30). The molecule has 3 amide bonds. The Morgan fingerprint density at radius 3 is 2.62 bits per heavy atom. The quantitative estimate of drug-likeness (QED) is 0.541. The Bertz CT molecular complexity index is 1030. The van der Waals surface area contributed by atoms with Gasteiger partial charge in [-0.2, -0.15) is 0 Å². The first-order valence-corrected chi connectivity index (χ1v) is 10.4.